The second-order valence-corrected chi connectivity index (χ2v) is 19.4. The summed E-state index contributed by atoms with van der Waals surface area (Å²) in [6.45, 7) is 23.5. The van der Waals surface area contributed by atoms with Gasteiger partial charge in [0.25, 0.3) is 0 Å². The second kappa shape index (κ2) is 19.6. The van der Waals surface area contributed by atoms with E-state index < -0.39 is 0 Å². The maximum absolute atomic E-state index is 7.53. The van der Waals surface area contributed by atoms with Crippen molar-refractivity contribution in [1.82, 2.24) is 4.58 Å². The molecule has 3 heterocycles. The number of rotatable bonds is 23. The van der Waals surface area contributed by atoms with Crippen LogP contribution in [0.3, 0.4) is 0 Å². The van der Waals surface area contributed by atoms with E-state index in [2.05, 4.69) is 107 Å². The Labute approximate surface area is 343 Å². The van der Waals surface area contributed by atoms with Crippen LogP contribution in [0.5, 0.6) is 11.5 Å². The largest absolute Gasteiger partial charge is 0.455 e. The van der Waals surface area contributed by atoms with E-state index in [9.17, 15) is 0 Å². The molecule has 3 nitrogen and oxygen atoms in total. The van der Waals surface area contributed by atoms with Crippen LogP contribution in [0, 0.1) is 13.8 Å². The van der Waals surface area contributed by atoms with Crippen molar-refractivity contribution in [3.8, 4) is 11.5 Å². The summed E-state index contributed by atoms with van der Waals surface area (Å²) < 4.78 is 10.2. The molecule has 56 heavy (non-hydrogen) atoms. The van der Waals surface area contributed by atoms with E-state index >= 15 is 0 Å². The van der Waals surface area contributed by atoms with Crippen molar-refractivity contribution in [2.75, 3.05) is 31.1 Å². The van der Waals surface area contributed by atoms with Crippen molar-refractivity contribution in [3.63, 3.8) is 0 Å². The molecule has 3 aliphatic rings. The second-order valence-electron chi connectivity index (χ2n) is 19.4. The van der Waals surface area contributed by atoms with E-state index in [0.717, 1.165) is 37.7 Å². The fraction of sp³-hybridized carbons (Fsp3) is 0.642. The van der Waals surface area contributed by atoms with Crippen LogP contribution in [0.25, 0.3) is 5.57 Å². The quantitative estimate of drug-likeness (QED) is 0.0553. The Hall–Kier alpha value is -3.07. The van der Waals surface area contributed by atoms with Crippen LogP contribution in [-0.2, 0) is 10.8 Å². The van der Waals surface area contributed by atoms with E-state index in [1.54, 1.807) is 0 Å². The highest BCUT2D eigenvalue weighted by Gasteiger charge is 2.45. The molecule has 0 fully saturated rings. The summed E-state index contributed by atoms with van der Waals surface area (Å²) in [4.78, 5) is 2.72. The van der Waals surface area contributed by atoms with Gasteiger partial charge in [0, 0.05) is 58.1 Å². The fourth-order valence-electron chi connectivity index (χ4n) is 10.6. The number of benzene rings is 3. The average Bonchev–Trinajstić information content (AvgIpc) is 3.61. The molecule has 3 aromatic carbocycles. The van der Waals surface area contributed by atoms with Crippen LogP contribution >= 0.6 is 0 Å². The number of hydrogen-bond donors (Lipinski definition) is 0. The molecule has 6 rings (SSSR count). The Bertz CT molecular complexity index is 1880. The minimum Gasteiger partial charge on any atom is -0.455 e. The van der Waals surface area contributed by atoms with E-state index in [-0.39, 0.29) is 10.8 Å². The van der Waals surface area contributed by atoms with Crippen molar-refractivity contribution < 1.29 is 4.74 Å². The Morgan fingerprint density at radius 2 is 1.16 bits per heavy atom. The third kappa shape index (κ3) is 9.61. The SMILES string of the molecule is CCCCCCCCCCCCN1CC(C)(C)c2c3c(cc(C)c21)C(c1ccccc1)=c1cc(C)c2c(c1O3)C(C)(C)C[N+]=2CCCCCCCCCCCC. The number of aryl methyl sites for hydroxylation is 2. The van der Waals surface area contributed by atoms with Gasteiger partial charge in [-0.15, -0.1) is 0 Å². The molecule has 3 heteroatoms. The third-order valence-electron chi connectivity index (χ3n) is 13.4. The maximum Gasteiger partial charge on any atom is 0.210 e. The van der Waals surface area contributed by atoms with Gasteiger partial charge in [0.1, 0.15) is 18.0 Å². The molecule has 306 valence electrons. The van der Waals surface area contributed by atoms with E-state index in [1.807, 2.05) is 0 Å². The summed E-state index contributed by atoms with van der Waals surface area (Å²) in [6, 6.07) is 16.1. The zero-order chi connectivity index (χ0) is 39.7. The van der Waals surface area contributed by atoms with Gasteiger partial charge >= 0.3 is 0 Å². The van der Waals surface area contributed by atoms with Gasteiger partial charge in [-0.05, 0) is 63.8 Å². The van der Waals surface area contributed by atoms with Crippen molar-refractivity contribution in [3.05, 3.63) is 86.4 Å². The lowest BCUT2D eigenvalue weighted by Gasteiger charge is -2.30. The molecular weight excluding hydrogens is 681 g/mol. The van der Waals surface area contributed by atoms with Crippen LogP contribution < -0.4 is 24.8 Å². The van der Waals surface area contributed by atoms with Crippen molar-refractivity contribution in [1.29, 1.82) is 0 Å². The first-order valence-electron chi connectivity index (χ1n) is 23.6. The highest BCUT2D eigenvalue weighted by Crippen LogP contribution is 2.53. The Kier molecular flexibility index (Phi) is 14.9. The first kappa shape index (κ1) is 42.5. The van der Waals surface area contributed by atoms with Gasteiger partial charge in [-0.1, -0.05) is 167 Å². The number of hydrogen-bond acceptors (Lipinski definition) is 2. The lowest BCUT2D eigenvalue weighted by atomic mass is 9.79. The number of fused-ring (bicyclic) bond motifs is 6. The van der Waals surface area contributed by atoms with E-state index in [0.29, 0.717) is 0 Å². The summed E-state index contributed by atoms with van der Waals surface area (Å²) >= 11 is 0. The monoisotopic (exact) mass is 760 g/mol. The van der Waals surface area contributed by atoms with Crippen molar-refractivity contribution in [2.45, 2.75) is 195 Å². The zero-order valence-corrected chi connectivity index (χ0v) is 37.3. The van der Waals surface area contributed by atoms with Gasteiger partial charge in [0.15, 0.2) is 6.54 Å². The normalized spacial score (nSPS) is 16.2. The fourth-order valence-corrected chi connectivity index (χ4v) is 10.6. The van der Waals surface area contributed by atoms with Crippen LogP contribution in [0.4, 0.5) is 5.69 Å². The van der Waals surface area contributed by atoms with Crippen LogP contribution in [0.2, 0.25) is 0 Å². The highest BCUT2D eigenvalue weighted by atomic mass is 16.5. The number of ether oxygens (including phenoxy) is 1. The molecule has 0 saturated carbocycles. The Balaban J connectivity index is 1.28. The standard InChI is InChI=1S/C53H79N2O/c1-9-11-13-15-17-19-21-23-25-30-34-54-38-52(5,6)46-48(54)40(3)36-43-45(42-32-28-27-29-33-42)44-37-41(4)49-47(51(44)56-50(43)46)53(7,8)39-55(49)35-31-26-24-22-20-18-16-14-12-10-2/h27-29,32-33,36-37H,9-26,30-31,34-35,38-39H2,1-8H3/q+1. The van der Waals surface area contributed by atoms with Crippen molar-refractivity contribution >= 4 is 11.3 Å². The molecule has 3 aliphatic heterocycles. The molecule has 0 amide bonds. The van der Waals surface area contributed by atoms with Gasteiger partial charge in [-0.3, -0.25) is 0 Å². The molecule has 0 bridgehead atoms. The summed E-state index contributed by atoms with van der Waals surface area (Å²) in [5.41, 5.74) is 10.9. The molecular formula is C53H79N2O+. The summed E-state index contributed by atoms with van der Waals surface area (Å²) in [5, 5.41) is 2.71. The number of unbranched alkanes of at least 4 members (excludes halogenated alkanes) is 18. The smallest absolute Gasteiger partial charge is 0.210 e. The van der Waals surface area contributed by atoms with Crippen molar-refractivity contribution in [2.24, 2.45) is 0 Å². The predicted octanol–water partition coefficient (Wildman–Crippen LogP) is 13.4. The molecule has 0 N–H and O–H groups in total. The van der Waals surface area contributed by atoms with Crippen LogP contribution in [-0.4, -0.2) is 26.2 Å². The first-order valence-corrected chi connectivity index (χ1v) is 23.6. The van der Waals surface area contributed by atoms with Gasteiger partial charge in [0.05, 0.1) is 11.0 Å². The van der Waals surface area contributed by atoms with Crippen LogP contribution in [0.15, 0.2) is 42.5 Å². The summed E-state index contributed by atoms with van der Waals surface area (Å²) in [5.74, 6) is 2.23. The molecule has 3 aromatic rings. The third-order valence-corrected chi connectivity index (χ3v) is 13.4. The predicted molar refractivity (Wildman–Crippen MR) is 243 cm³/mol. The molecule has 0 aliphatic carbocycles. The highest BCUT2D eigenvalue weighted by molar-refractivity contribution is 5.90. The van der Waals surface area contributed by atoms with Gasteiger partial charge in [-0.25, -0.2) is 4.58 Å². The lowest BCUT2D eigenvalue weighted by Crippen LogP contribution is -2.32. The van der Waals surface area contributed by atoms with Gasteiger partial charge in [0.2, 0.25) is 5.36 Å². The average molecular weight is 760 g/mol. The van der Waals surface area contributed by atoms with E-state index in [4.69, 9.17) is 4.74 Å². The maximum atomic E-state index is 7.53. The zero-order valence-electron chi connectivity index (χ0n) is 37.3. The van der Waals surface area contributed by atoms with Gasteiger partial charge < -0.3 is 9.64 Å². The summed E-state index contributed by atoms with van der Waals surface area (Å²) in [6.07, 6.45) is 27.5. The summed E-state index contributed by atoms with van der Waals surface area (Å²) in [7, 11) is 0. The minimum absolute atomic E-state index is 0.00580. The Morgan fingerprint density at radius 1 is 0.607 bits per heavy atom. The molecule has 0 saturated heterocycles. The first-order chi connectivity index (χ1) is 27.1. The molecule has 0 radical (unpaired) electrons. The minimum atomic E-state index is -0.00580. The van der Waals surface area contributed by atoms with E-state index in [1.165, 1.54) is 184 Å². The molecule has 0 spiro atoms. The number of nitrogens with zero attached hydrogens (tertiary/aromatic N) is 2. The topological polar surface area (TPSA) is 15.5 Å². The van der Waals surface area contributed by atoms with Crippen LogP contribution in [0.1, 0.15) is 203 Å². The molecule has 0 atom stereocenters. The number of anilines is 1. The molecule has 0 unspecified atom stereocenters. The van der Waals surface area contributed by atoms with Gasteiger partial charge in [-0.2, -0.15) is 0 Å². The lowest BCUT2D eigenvalue weighted by molar-refractivity contribution is 0.416. The Morgan fingerprint density at radius 3 is 1.75 bits per heavy atom. The molecule has 0 aromatic heterocycles.